The maximum atomic E-state index is 12.4. The molecule has 0 aliphatic rings. The lowest BCUT2D eigenvalue weighted by atomic mass is 10.2. The Kier molecular flexibility index (Phi) is 7.07. The van der Waals surface area contributed by atoms with Gasteiger partial charge < -0.3 is 15.4 Å². The molecule has 0 unspecified atom stereocenters. The molecule has 0 atom stereocenters. The smallest absolute Gasteiger partial charge is 0.310 e. The molecule has 0 heterocycles. The predicted molar refractivity (Wildman–Crippen MR) is 118 cm³/mol. The van der Waals surface area contributed by atoms with Crippen molar-refractivity contribution in [1.29, 1.82) is 0 Å². The Morgan fingerprint density at radius 1 is 0.935 bits per heavy atom. The zero-order chi connectivity index (χ0) is 22.4. The van der Waals surface area contributed by atoms with Gasteiger partial charge in [0.2, 0.25) is 0 Å². The van der Waals surface area contributed by atoms with Gasteiger partial charge in [-0.1, -0.05) is 41.4 Å². The fourth-order valence-corrected chi connectivity index (χ4v) is 3.11. The number of nitro benzene ring substituents is 1. The van der Waals surface area contributed by atoms with Gasteiger partial charge >= 0.3 is 5.69 Å². The SMILES string of the molecule is O=C(COc1ccccc1[N+](=O)[O-])Nc1cccc(NC(=O)c2ccc(Cl)cc2Cl)c1. The van der Waals surface area contributed by atoms with Gasteiger partial charge in [-0.2, -0.15) is 0 Å². The fourth-order valence-electron chi connectivity index (χ4n) is 2.62. The van der Waals surface area contributed by atoms with E-state index in [0.29, 0.717) is 16.4 Å². The van der Waals surface area contributed by atoms with E-state index in [-0.39, 0.29) is 22.0 Å². The number of hydrogen-bond donors (Lipinski definition) is 2. The van der Waals surface area contributed by atoms with Crippen LogP contribution in [0.25, 0.3) is 0 Å². The number of anilines is 2. The zero-order valence-electron chi connectivity index (χ0n) is 15.8. The highest BCUT2D eigenvalue weighted by Crippen LogP contribution is 2.26. The Labute approximate surface area is 186 Å². The molecule has 3 aromatic carbocycles. The molecule has 8 nitrogen and oxygen atoms in total. The summed E-state index contributed by atoms with van der Waals surface area (Å²) in [4.78, 5) is 35.0. The van der Waals surface area contributed by atoms with Gasteiger partial charge in [-0.3, -0.25) is 19.7 Å². The lowest BCUT2D eigenvalue weighted by Gasteiger charge is -2.10. The van der Waals surface area contributed by atoms with Crippen molar-refractivity contribution in [2.24, 2.45) is 0 Å². The first-order valence-electron chi connectivity index (χ1n) is 8.86. The number of hydrogen-bond acceptors (Lipinski definition) is 5. The Hall–Kier alpha value is -3.62. The molecule has 158 valence electrons. The first-order valence-corrected chi connectivity index (χ1v) is 9.61. The van der Waals surface area contributed by atoms with Gasteiger partial charge in [-0.05, 0) is 42.5 Å². The third-order valence-electron chi connectivity index (χ3n) is 4.00. The maximum Gasteiger partial charge on any atom is 0.310 e. The van der Waals surface area contributed by atoms with E-state index in [4.69, 9.17) is 27.9 Å². The molecule has 0 aromatic heterocycles. The standard InChI is InChI=1S/C21H15Cl2N3O5/c22-13-8-9-16(17(23)10-13)21(28)25-15-5-3-4-14(11-15)24-20(27)12-31-19-7-2-1-6-18(19)26(29)30/h1-11H,12H2,(H,24,27)(H,25,28). The molecule has 3 aromatic rings. The second-order valence-corrected chi connectivity index (χ2v) is 7.06. The van der Waals surface area contributed by atoms with Crippen molar-refractivity contribution in [1.82, 2.24) is 0 Å². The number of amides is 2. The van der Waals surface area contributed by atoms with Crippen molar-refractivity contribution < 1.29 is 19.2 Å². The van der Waals surface area contributed by atoms with E-state index in [2.05, 4.69) is 10.6 Å². The van der Waals surface area contributed by atoms with Crippen molar-refractivity contribution in [2.45, 2.75) is 0 Å². The van der Waals surface area contributed by atoms with Crippen LogP contribution in [0.5, 0.6) is 5.75 Å². The molecular formula is C21H15Cl2N3O5. The second-order valence-electron chi connectivity index (χ2n) is 6.22. The molecule has 2 amide bonds. The van der Waals surface area contributed by atoms with Crippen LogP contribution in [-0.4, -0.2) is 23.3 Å². The van der Waals surface area contributed by atoms with Crippen LogP contribution in [0.2, 0.25) is 10.0 Å². The van der Waals surface area contributed by atoms with Crippen LogP contribution in [0.15, 0.2) is 66.7 Å². The van der Waals surface area contributed by atoms with Gasteiger partial charge in [0, 0.05) is 22.5 Å². The van der Waals surface area contributed by atoms with Gasteiger partial charge in [-0.25, -0.2) is 0 Å². The summed E-state index contributed by atoms with van der Waals surface area (Å²) in [5, 5.41) is 16.9. The molecule has 0 radical (unpaired) electrons. The highest BCUT2D eigenvalue weighted by atomic mass is 35.5. The summed E-state index contributed by atoms with van der Waals surface area (Å²) in [5.41, 5.74) is 0.837. The van der Waals surface area contributed by atoms with E-state index in [0.717, 1.165) is 0 Å². The van der Waals surface area contributed by atoms with Crippen LogP contribution >= 0.6 is 23.2 Å². The second kappa shape index (κ2) is 9.92. The summed E-state index contributed by atoms with van der Waals surface area (Å²) in [6, 6.07) is 16.7. The number of rotatable bonds is 7. The van der Waals surface area contributed by atoms with Crippen LogP contribution in [-0.2, 0) is 4.79 Å². The Morgan fingerprint density at radius 3 is 2.35 bits per heavy atom. The summed E-state index contributed by atoms with van der Waals surface area (Å²) >= 11 is 11.9. The van der Waals surface area contributed by atoms with Crippen molar-refractivity contribution >= 4 is 52.1 Å². The van der Waals surface area contributed by atoms with E-state index in [1.54, 1.807) is 36.4 Å². The van der Waals surface area contributed by atoms with Crippen molar-refractivity contribution in [3.63, 3.8) is 0 Å². The Balaban J connectivity index is 1.62. The first-order chi connectivity index (χ1) is 14.8. The van der Waals surface area contributed by atoms with Crippen LogP contribution in [0.4, 0.5) is 17.1 Å². The van der Waals surface area contributed by atoms with E-state index in [9.17, 15) is 19.7 Å². The van der Waals surface area contributed by atoms with Gasteiger partial charge in [0.05, 0.1) is 15.5 Å². The summed E-state index contributed by atoms with van der Waals surface area (Å²) < 4.78 is 5.26. The molecule has 0 saturated heterocycles. The normalized spacial score (nSPS) is 10.3. The molecule has 0 saturated carbocycles. The molecule has 0 aliphatic carbocycles. The van der Waals surface area contributed by atoms with E-state index in [1.807, 2.05) is 0 Å². The van der Waals surface area contributed by atoms with Crippen molar-refractivity contribution in [3.8, 4) is 5.75 Å². The summed E-state index contributed by atoms with van der Waals surface area (Å²) in [5.74, 6) is -0.976. The molecule has 0 fully saturated rings. The quantitative estimate of drug-likeness (QED) is 0.373. The fraction of sp³-hybridized carbons (Fsp3) is 0.0476. The van der Waals surface area contributed by atoms with Crippen molar-refractivity contribution in [2.75, 3.05) is 17.2 Å². The minimum absolute atomic E-state index is 0.0106. The number of ether oxygens (including phenoxy) is 1. The molecule has 0 aliphatic heterocycles. The van der Waals surface area contributed by atoms with Crippen LogP contribution in [0.3, 0.4) is 0 Å². The van der Waals surface area contributed by atoms with Crippen molar-refractivity contribution in [3.05, 3.63) is 92.5 Å². The van der Waals surface area contributed by atoms with Gasteiger partial charge in [-0.15, -0.1) is 0 Å². The third kappa shape index (κ3) is 5.94. The number of para-hydroxylation sites is 2. The number of carbonyl (C=O) groups excluding carboxylic acids is 2. The number of nitro groups is 1. The number of carbonyl (C=O) groups is 2. The molecule has 0 bridgehead atoms. The predicted octanol–water partition coefficient (Wildman–Crippen LogP) is 5.17. The zero-order valence-corrected chi connectivity index (χ0v) is 17.3. The van der Waals surface area contributed by atoms with Gasteiger partial charge in [0.25, 0.3) is 11.8 Å². The number of halogens is 2. The summed E-state index contributed by atoms with van der Waals surface area (Å²) in [6.07, 6.45) is 0. The minimum atomic E-state index is -0.591. The summed E-state index contributed by atoms with van der Waals surface area (Å²) in [7, 11) is 0. The topological polar surface area (TPSA) is 111 Å². The van der Waals surface area contributed by atoms with Crippen LogP contribution in [0.1, 0.15) is 10.4 Å². The maximum absolute atomic E-state index is 12.4. The largest absolute Gasteiger partial charge is 0.477 e. The molecule has 10 heteroatoms. The highest BCUT2D eigenvalue weighted by Gasteiger charge is 2.15. The number of nitrogens with one attached hydrogen (secondary N) is 2. The molecule has 0 spiro atoms. The van der Waals surface area contributed by atoms with E-state index < -0.39 is 23.3 Å². The summed E-state index contributed by atoms with van der Waals surface area (Å²) in [6.45, 7) is -0.429. The lowest BCUT2D eigenvalue weighted by Crippen LogP contribution is -2.20. The lowest BCUT2D eigenvalue weighted by molar-refractivity contribution is -0.385. The van der Waals surface area contributed by atoms with E-state index >= 15 is 0 Å². The molecular weight excluding hydrogens is 445 g/mol. The van der Waals surface area contributed by atoms with E-state index in [1.165, 1.54) is 30.3 Å². The average molecular weight is 460 g/mol. The minimum Gasteiger partial charge on any atom is -0.477 e. The van der Waals surface area contributed by atoms with Crippen LogP contribution in [0, 0.1) is 10.1 Å². The average Bonchev–Trinajstić information content (AvgIpc) is 2.72. The number of benzene rings is 3. The number of nitrogens with zero attached hydrogens (tertiary/aromatic N) is 1. The first kappa shape index (κ1) is 22.1. The highest BCUT2D eigenvalue weighted by molar-refractivity contribution is 6.37. The molecule has 2 N–H and O–H groups in total. The Bertz CT molecular complexity index is 1150. The van der Waals surface area contributed by atoms with Gasteiger partial charge in [0.15, 0.2) is 12.4 Å². The van der Waals surface area contributed by atoms with Gasteiger partial charge in [0.1, 0.15) is 0 Å². The molecule has 31 heavy (non-hydrogen) atoms. The Morgan fingerprint density at radius 2 is 1.65 bits per heavy atom. The molecule has 3 rings (SSSR count). The van der Waals surface area contributed by atoms with Crippen LogP contribution < -0.4 is 15.4 Å². The monoisotopic (exact) mass is 459 g/mol. The third-order valence-corrected chi connectivity index (χ3v) is 4.55.